The van der Waals surface area contributed by atoms with Gasteiger partial charge in [0.1, 0.15) is 6.61 Å². The van der Waals surface area contributed by atoms with Crippen molar-refractivity contribution in [1.82, 2.24) is 0 Å². The number of carbonyl (C=O) groups is 2. The van der Waals surface area contributed by atoms with E-state index < -0.39 is 5.97 Å². The van der Waals surface area contributed by atoms with Crippen LogP contribution in [0.5, 0.6) is 0 Å². The Morgan fingerprint density at radius 1 is 1.00 bits per heavy atom. The highest BCUT2D eigenvalue weighted by molar-refractivity contribution is 5.87. The van der Waals surface area contributed by atoms with E-state index in [9.17, 15) is 9.59 Å². The summed E-state index contributed by atoms with van der Waals surface area (Å²) in [4.78, 5) is 23.6. The molecule has 23 heavy (non-hydrogen) atoms. The number of esters is 1. The predicted octanol–water partition coefficient (Wildman–Crippen LogP) is 3.64. The summed E-state index contributed by atoms with van der Waals surface area (Å²) in [6.07, 6.45) is 6.96. The van der Waals surface area contributed by atoms with E-state index in [4.69, 9.17) is 9.84 Å². The van der Waals surface area contributed by atoms with Crippen LogP contribution in [0.4, 0.5) is 0 Å². The number of benzene rings is 1. The molecule has 0 saturated heterocycles. The van der Waals surface area contributed by atoms with Crippen LogP contribution in [-0.4, -0.2) is 17.0 Å². The summed E-state index contributed by atoms with van der Waals surface area (Å²) in [6.45, 7) is 0.237. The smallest absolute Gasteiger partial charge is 0.335 e. The monoisotopic (exact) mass is 314 g/mol. The average molecular weight is 314 g/mol. The first-order chi connectivity index (χ1) is 11.0. The summed E-state index contributed by atoms with van der Waals surface area (Å²) in [5.41, 5.74) is 0.865. The molecule has 4 bridgehead atoms. The number of carboxylic acids is 1. The van der Waals surface area contributed by atoms with Gasteiger partial charge in [0.05, 0.1) is 11.0 Å². The van der Waals surface area contributed by atoms with Crippen LogP contribution >= 0.6 is 0 Å². The first-order valence-corrected chi connectivity index (χ1v) is 8.53. The summed E-state index contributed by atoms with van der Waals surface area (Å²) < 4.78 is 5.63. The predicted molar refractivity (Wildman–Crippen MR) is 83.8 cm³/mol. The van der Waals surface area contributed by atoms with Crippen LogP contribution in [0, 0.1) is 23.2 Å². The molecule has 0 radical (unpaired) electrons. The van der Waals surface area contributed by atoms with Gasteiger partial charge in [0.15, 0.2) is 0 Å². The number of carboxylic acid groups (broad SMARTS) is 1. The molecule has 1 aromatic rings. The molecule has 4 saturated carbocycles. The third kappa shape index (κ3) is 2.64. The lowest BCUT2D eigenvalue weighted by Gasteiger charge is -2.55. The van der Waals surface area contributed by atoms with Crippen molar-refractivity contribution in [3.05, 3.63) is 35.4 Å². The standard InChI is InChI=1S/C19H22O4/c20-17(21)16-3-1-12(2-4-16)11-23-18(22)19-8-13-5-14(9-19)7-15(6-13)10-19/h1-4,13-15H,5-11H2,(H,20,21). The van der Waals surface area contributed by atoms with Crippen LogP contribution in [0.2, 0.25) is 0 Å². The fourth-order valence-electron chi connectivity index (χ4n) is 5.41. The second-order valence-electron chi connectivity index (χ2n) is 7.78. The van der Waals surface area contributed by atoms with E-state index in [1.165, 1.54) is 19.3 Å². The van der Waals surface area contributed by atoms with Crippen LogP contribution in [0.25, 0.3) is 0 Å². The largest absolute Gasteiger partial charge is 0.478 e. The van der Waals surface area contributed by atoms with Gasteiger partial charge in [-0.1, -0.05) is 12.1 Å². The van der Waals surface area contributed by atoms with Crippen LogP contribution in [-0.2, 0) is 16.1 Å². The maximum Gasteiger partial charge on any atom is 0.335 e. The van der Waals surface area contributed by atoms with Gasteiger partial charge in [-0.25, -0.2) is 4.79 Å². The normalized spacial score (nSPS) is 34.3. The topological polar surface area (TPSA) is 63.6 Å². The molecule has 4 fully saturated rings. The van der Waals surface area contributed by atoms with Crippen molar-refractivity contribution in [1.29, 1.82) is 0 Å². The zero-order chi connectivity index (χ0) is 16.0. The molecule has 0 atom stereocenters. The third-order valence-electron chi connectivity index (χ3n) is 6.04. The molecule has 4 aliphatic rings. The Labute approximate surface area is 135 Å². The lowest BCUT2D eigenvalue weighted by atomic mass is 9.49. The Morgan fingerprint density at radius 2 is 1.52 bits per heavy atom. The van der Waals surface area contributed by atoms with Crippen molar-refractivity contribution >= 4 is 11.9 Å². The summed E-state index contributed by atoms with van der Waals surface area (Å²) in [5, 5.41) is 8.90. The number of hydrogen-bond acceptors (Lipinski definition) is 3. The van der Waals surface area contributed by atoms with Gasteiger partial charge in [0, 0.05) is 0 Å². The molecule has 0 amide bonds. The zero-order valence-electron chi connectivity index (χ0n) is 13.2. The van der Waals surface area contributed by atoms with Crippen LogP contribution in [0.1, 0.15) is 54.4 Å². The van der Waals surface area contributed by atoms with Gasteiger partial charge in [-0.2, -0.15) is 0 Å². The fraction of sp³-hybridized carbons (Fsp3) is 0.579. The maximum atomic E-state index is 12.7. The number of ether oxygens (including phenoxy) is 1. The van der Waals surface area contributed by atoms with E-state index in [1.54, 1.807) is 24.3 Å². The van der Waals surface area contributed by atoms with Crippen LogP contribution < -0.4 is 0 Å². The molecule has 5 rings (SSSR count). The minimum absolute atomic E-state index is 0.0288. The number of hydrogen-bond donors (Lipinski definition) is 1. The second kappa shape index (κ2) is 5.36. The molecular formula is C19H22O4. The second-order valence-corrected chi connectivity index (χ2v) is 7.78. The van der Waals surface area contributed by atoms with Crippen molar-refractivity contribution in [2.24, 2.45) is 23.2 Å². The number of carbonyl (C=O) groups excluding carboxylic acids is 1. The maximum absolute atomic E-state index is 12.7. The zero-order valence-corrected chi connectivity index (χ0v) is 13.2. The summed E-state index contributed by atoms with van der Waals surface area (Å²) in [6, 6.07) is 6.54. The Balaban J connectivity index is 1.41. The molecule has 0 unspecified atom stereocenters. The van der Waals surface area contributed by atoms with Crippen molar-refractivity contribution in [2.75, 3.05) is 0 Å². The molecule has 4 heteroatoms. The molecule has 1 N–H and O–H groups in total. The van der Waals surface area contributed by atoms with Crippen molar-refractivity contribution in [2.45, 2.75) is 45.1 Å². The minimum atomic E-state index is -0.942. The SMILES string of the molecule is O=C(O)c1ccc(COC(=O)C23CC4CC(CC(C4)C2)C3)cc1. The molecule has 4 aliphatic carbocycles. The highest BCUT2D eigenvalue weighted by atomic mass is 16.5. The average Bonchev–Trinajstić information content (AvgIpc) is 2.51. The third-order valence-corrected chi connectivity index (χ3v) is 6.04. The first-order valence-electron chi connectivity index (χ1n) is 8.53. The van der Waals surface area contributed by atoms with Gasteiger partial charge in [-0.05, 0) is 74.0 Å². The fourth-order valence-corrected chi connectivity index (χ4v) is 5.41. The van der Waals surface area contributed by atoms with Crippen molar-refractivity contribution < 1.29 is 19.4 Å². The van der Waals surface area contributed by atoms with Crippen LogP contribution in [0.15, 0.2) is 24.3 Å². The molecule has 0 heterocycles. The Kier molecular flexibility index (Phi) is 3.43. The summed E-state index contributed by atoms with van der Waals surface area (Å²) >= 11 is 0. The first kappa shape index (κ1) is 14.7. The number of aromatic carboxylic acids is 1. The van der Waals surface area contributed by atoms with E-state index in [0.717, 1.165) is 42.6 Å². The highest BCUT2D eigenvalue weighted by Crippen LogP contribution is 2.60. The van der Waals surface area contributed by atoms with Crippen molar-refractivity contribution in [3.8, 4) is 0 Å². The summed E-state index contributed by atoms with van der Waals surface area (Å²) in [7, 11) is 0. The van der Waals surface area contributed by atoms with E-state index in [2.05, 4.69) is 0 Å². The van der Waals surface area contributed by atoms with Crippen molar-refractivity contribution in [3.63, 3.8) is 0 Å². The number of rotatable bonds is 4. The van der Waals surface area contributed by atoms with Gasteiger partial charge >= 0.3 is 11.9 Å². The molecule has 0 aliphatic heterocycles. The molecular weight excluding hydrogens is 292 g/mol. The molecule has 1 aromatic carbocycles. The Bertz CT molecular complexity index is 596. The van der Waals surface area contributed by atoms with Gasteiger partial charge < -0.3 is 9.84 Å². The minimum Gasteiger partial charge on any atom is -0.478 e. The van der Waals surface area contributed by atoms with E-state index in [1.807, 2.05) is 0 Å². The quantitative estimate of drug-likeness (QED) is 0.862. The Morgan fingerprint density at radius 3 is 2.00 bits per heavy atom. The van der Waals surface area contributed by atoms with Gasteiger partial charge in [0.25, 0.3) is 0 Å². The van der Waals surface area contributed by atoms with E-state index in [0.29, 0.717) is 0 Å². The Hall–Kier alpha value is -1.84. The lowest BCUT2D eigenvalue weighted by molar-refractivity contribution is -0.172. The lowest BCUT2D eigenvalue weighted by Crippen LogP contribution is -2.50. The molecule has 122 valence electrons. The van der Waals surface area contributed by atoms with Gasteiger partial charge in [0.2, 0.25) is 0 Å². The molecule has 0 spiro atoms. The highest BCUT2D eigenvalue weighted by Gasteiger charge is 2.55. The molecule has 4 nitrogen and oxygen atoms in total. The van der Waals surface area contributed by atoms with E-state index >= 15 is 0 Å². The van der Waals surface area contributed by atoms with Crippen LogP contribution in [0.3, 0.4) is 0 Å². The van der Waals surface area contributed by atoms with Gasteiger partial charge in [-0.15, -0.1) is 0 Å². The van der Waals surface area contributed by atoms with E-state index in [-0.39, 0.29) is 23.6 Å². The van der Waals surface area contributed by atoms with Gasteiger partial charge in [-0.3, -0.25) is 4.79 Å². The summed E-state index contributed by atoms with van der Waals surface area (Å²) in [5.74, 6) is 1.21. The molecule has 0 aromatic heterocycles.